The van der Waals surface area contributed by atoms with Crippen LogP contribution in [-0.4, -0.2) is 22.1 Å². The van der Waals surface area contributed by atoms with Crippen molar-refractivity contribution in [2.45, 2.75) is 11.8 Å². The van der Waals surface area contributed by atoms with E-state index >= 15 is 0 Å². The van der Waals surface area contributed by atoms with Gasteiger partial charge in [0.15, 0.2) is 0 Å². The third-order valence-corrected chi connectivity index (χ3v) is 4.28. The van der Waals surface area contributed by atoms with Gasteiger partial charge in [-0.2, -0.15) is 0 Å². The summed E-state index contributed by atoms with van der Waals surface area (Å²) < 4.78 is 32.4. The minimum atomic E-state index is -3.64. The molecule has 0 radical (unpaired) electrons. The third-order valence-electron chi connectivity index (χ3n) is 2.90. The van der Waals surface area contributed by atoms with Gasteiger partial charge in [-0.3, -0.25) is 4.72 Å². The second-order valence-corrected chi connectivity index (χ2v) is 6.04. The molecule has 6 heteroatoms. The van der Waals surface area contributed by atoms with Gasteiger partial charge in [-0.1, -0.05) is 12.1 Å². The predicted octanol–water partition coefficient (Wildman–Crippen LogP) is 2.93. The van der Waals surface area contributed by atoms with Crippen molar-refractivity contribution >= 4 is 21.4 Å². The summed E-state index contributed by atoms with van der Waals surface area (Å²) in [6.45, 7) is 2.76. The van der Waals surface area contributed by atoms with E-state index in [0.29, 0.717) is 11.4 Å². The molecule has 0 saturated carbocycles. The van der Waals surface area contributed by atoms with Crippen LogP contribution in [0.1, 0.15) is 6.92 Å². The van der Waals surface area contributed by atoms with Crippen molar-refractivity contribution < 1.29 is 13.2 Å². The van der Waals surface area contributed by atoms with Crippen molar-refractivity contribution in [3.63, 3.8) is 0 Å². The maximum atomic E-state index is 12.4. The molecule has 0 unspecified atom stereocenters. The number of ether oxygens (including phenoxy) is 1. The van der Waals surface area contributed by atoms with Crippen LogP contribution < -0.4 is 14.8 Å². The summed E-state index contributed by atoms with van der Waals surface area (Å²) >= 11 is 0. The Kier molecular flexibility index (Phi) is 4.70. The molecule has 0 aliphatic rings. The summed E-state index contributed by atoms with van der Waals surface area (Å²) in [5.41, 5.74) is 1.30. The first-order valence-corrected chi connectivity index (χ1v) is 8.05. The van der Waals surface area contributed by atoms with E-state index in [1.807, 2.05) is 6.92 Å². The minimum Gasteiger partial charge on any atom is -0.495 e. The van der Waals surface area contributed by atoms with Crippen molar-refractivity contribution in [3.8, 4) is 5.75 Å². The third kappa shape index (κ3) is 3.66. The lowest BCUT2D eigenvalue weighted by atomic mass is 10.3. The first kappa shape index (κ1) is 15.2. The first-order chi connectivity index (χ1) is 10.1. The number of sulfonamides is 1. The van der Waals surface area contributed by atoms with E-state index in [-0.39, 0.29) is 4.90 Å². The summed E-state index contributed by atoms with van der Waals surface area (Å²) in [4.78, 5) is 0.204. The molecular formula is C15H18N2O3S. The van der Waals surface area contributed by atoms with Crippen LogP contribution in [0, 0.1) is 0 Å². The van der Waals surface area contributed by atoms with Crippen LogP contribution in [-0.2, 0) is 10.0 Å². The maximum Gasteiger partial charge on any atom is 0.262 e. The van der Waals surface area contributed by atoms with Crippen LogP contribution in [0.3, 0.4) is 0 Å². The Bertz CT molecular complexity index is 697. The fourth-order valence-corrected chi connectivity index (χ4v) is 2.96. The number of rotatable bonds is 6. The highest BCUT2D eigenvalue weighted by Crippen LogP contribution is 2.26. The van der Waals surface area contributed by atoms with Crippen molar-refractivity contribution in [2.24, 2.45) is 0 Å². The number of benzene rings is 2. The van der Waals surface area contributed by atoms with Gasteiger partial charge in [-0.25, -0.2) is 8.42 Å². The van der Waals surface area contributed by atoms with E-state index in [2.05, 4.69) is 10.0 Å². The van der Waals surface area contributed by atoms with E-state index in [0.717, 1.165) is 12.2 Å². The van der Waals surface area contributed by atoms with E-state index in [4.69, 9.17) is 4.74 Å². The largest absolute Gasteiger partial charge is 0.495 e. The normalized spacial score (nSPS) is 11.0. The molecule has 0 aliphatic heterocycles. The lowest BCUT2D eigenvalue weighted by molar-refractivity contribution is 0.417. The summed E-state index contributed by atoms with van der Waals surface area (Å²) in [5.74, 6) is 0.477. The first-order valence-electron chi connectivity index (χ1n) is 6.56. The van der Waals surface area contributed by atoms with Crippen molar-refractivity contribution in [2.75, 3.05) is 23.7 Å². The SMILES string of the molecule is CCNc1ccc(S(=O)(=O)Nc2ccccc2OC)cc1. The number of nitrogens with one attached hydrogen (secondary N) is 2. The predicted molar refractivity (Wildman–Crippen MR) is 84.4 cm³/mol. The number of hydrogen-bond acceptors (Lipinski definition) is 4. The Labute approximate surface area is 125 Å². The maximum absolute atomic E-state index is 12.4. The molecule has 5 nitrogen and oxygen atoms in total. The Balaban J connectivity index is 2.25. The zero-order chi connectivity index (χ0) is 15.3. The smallest absolute Gasteiger partial charge is 0.262 e. The zero-order valence-electron chi connectivity index (χ0n) is 12.0. The summed E-state index contributed by atoms with van der Waals surface area (Å²) in [5, 5.41) is 3.12. The number of methoxy groups -OCH3 is 1. The van der Waals surface area contributed by atoms with E-state index in [1.165, 1.54) is 7.11 Å². The molecule has 2 aromatic carbocycles. The highest BCUT2D eigenvalue weighted by atomic mass is 32.2. The topological polar surface area (TPSA) is 67.4 Å². The summed E-state index contributed by atoms with van der Waals surface area (Å²) in [6, 6.07) is 13.5. The van der Waals surface area contributed by atoms with Gasteiger partial charge in [0.25, 0.3) is 10.0 Å². The van der Waals surface area contributed by atoms with Gasteiger partial charge in [-0.05, 0) is 43.3 Å². The molecule has 112 valence electrons. The average Bonchev–Trinajstić information content (AvgIpc) is 2.48. The van der Waals surface area contributed by atoms with Crippen LogP contribution in [0.5, 0.6) is 5.75 Å². The standard InChI is InChI=1S/C15H18N2O3S/c1-3-16-12-8-10-13(11-9-12)21(18,19)17-14-6-4-5-7-15(14)20-2/h4-11,16-17H,3H2,1-2H3. The van der Waals surface area contributed by atoms with Crippen LogP contribution in [0.2, 0.25) is 0 Å². The molecular weight excluding hydrogens is 288 g/mol. The minimum absolute atomic E-state index is 0.204. The molecule has 0 aliphatic carbocycles. The lowest BCUT2D eigenvalue weighted by Gasteiger charge is -2.12. The highest BCUT2D eigenvalue weighted by molar-refractivity contribution is 7.92. The molecule has 0 amide bonds. The number of anilines is 2. The Hall–Kier alpha value is -2.21. The van der Waals surface area contributed by atoms with Gasteiger partial charge in [0.2, 0.25) is 0 Å². The van der Waals surface area contributed by atoms with Crippen LogP contribution >= 0.6 is 0 Å². The van der Waals surface area contributed by atoms with Crippen LogP contribution in [0.15, 0.2) is 53.4 Å². The number of hydrogen-bond donors (Lipinski definition) is 2. The summed E-state index contributed by atoms with van der Waals surface area (Å²) in [6.07, 6.45) is 0. The van der Waals surface area contributed by atoms with Crippen molar-refractivity contribution in [3.05, 3.63) is 48.5 Å². The van der Waals surface area contributed by atoms with Crippen LogP contribution in [0.25, 0.3) is 0 Å². The molecule has 21 heavy (non-hydrogen) atoms. The Morgan fingerprint density at radius 3 is 2.33 bits per heavy atom. The quantitative estimate of drug-likeness (QED) is 0.861. The molecule has 0 saturated heterocycles. The fourth-order valence-electron chi connectivity index (χ4n) is 1.89. The Morgan fingerprint density at radius 2 is 1.71 bits per heavy atom. The second kappa shape index (κ2) is 6.49. The lowest BCUT2D eigenvalue weighted by Crippen LogP contribution is -2.13. The van der Waals surface area contributed by atoms with Crippen molar-refractivity contribution in [1.82, 2.24) is 0 Å². The molecule has 2 N–H and O–H groups in total. The molecule has 2 rings (SSSR count). The fraction of sp³-hybridized carbons (Fsp3) is 0.200. The highest BCUT2D eigenvalue weighted by Gasteiger charge is 2.16. The monoisotopic (exact) mass is 306 g/mol. The van der Waals surface area contributed by atoms with Crippen LogP contribution in [0.4, 0.5) is 11.4 Å². The van der Waals surface area contributed by atoms with Crippen molar-refractivity contribution in [1.29, 1.82) is 0 Å². The second-order valence-electron chi connectivity index (χ2n) is 4.36. The van der Waals surface area contributed by atoms with E-state index in [1.54, 1.807) is 48.5 Å². The molecule has 0 spiro atoms. The molecule has 0 heterocycles. The van der Waals surface area contributed by atoms with Gasteiger partial charge in [0, 0.05) is 12.2 Å². The molecule has 0 atom stereocenters. The average molecular weight is 306 g/mol. The Morgan fingerprint density at radius 1 is 1.05 bits per heavy atom. The van der Waals surface area contributed by atoms with Gasteiger partial charge < -0.3 is 10.1 Å². The molecule has 0 bridgehead atoms. The van der Waals surface area contributed by atoms with Gasteiger partial charge >= 0.3 is 0 Å². The zero-order valence-corrected chi connectivity index (χ0v) is 12.8. The van der Waals surface area contributed by atoms with Gasteiger partial charge in [0.05, 0.1) is 17.7 Å². The van der Waals surface area contributed by atoms with Gasteiger partial charge in [-0.15, -0.1) is 0 Å². The van der Waals surface area contributed by atoms with E-state index in [9.17, 15) is 8.42 Å². The number of para-hydroxylation sites is 2. The molecule has 0 aromatic heterocycles. The summed E-state index contributed by atoms with van der Waals surface area (Å²) in [7, 11) is -2.14. The van der Waals surface area contributed by atoms with Gasteiger partial charge in [0.1, 0.15) is 5.75 Å². The molecule has 2 aromatic rings. The van der Waals surface area contributed by atoms with E-state index < -0.39 is 10.0 Å². The molecule has 0 fully saturated rings.